The lowest BCUT2D eigenvalue weighted by Gasteiger charge is -2.09. The molecule has 0 aromatic heterocycles. The molecule has 3 aromatic rings. The smallest absolute Gasteiger partial charge is 0.265 e. The molecular weight excluding hydrogens is 340 g/mol. The summed E-state index contributed by atoms with van der Waals surface area (Å²) in [4.78, 5) is 17.6. The third-order valence-electron chi connectivity index (χ3n) is 4.39. The zero-order chi connectivity index (χ0) is 18.6. The summed E-state index contributed by atoms with van der Waals surface area (Å²) in [5.41, 5.74) is 5.58. The van der Waals surface area contributed by atoms with E-state index in [1.165, 1.54) is 0 Å². The Morgan fingerprint density at radius 3 is 2.04 bits per heavy atom. The van der Waals surface area contributed by atoms with Crippen LogP contribution in [0.1, 0.15) is 11.1 Å². The minimum atomic E-state index is -0.302. The van der Waals surface area contributed by atoms with Crippen molar-refractivity contribution in [1.29, 1.82) is 0 Å². The van der Waals surface area contributed by atoms with Gasteiger partial charge in [0.2, 0.25) is 0 Å². The van der Waals surface area contributed by atoms with Crippen molar-refractivity contribution in [3.05, 3.63) is 83.9 Å². The van der Waals surface area contributed by atoms with E-state index in [1.807, 2.05) is 48.5 Å². The van der Waals surface area contributed by atoms with Crippen molar-refractivity contribution in [1.82, 2.24) is 0 Å². The molecule has 4 rings (SSSR count). The van der Waals surface area contributed by atoms with Crippen LogP contribution in [-0.2, 0) is 9.63 Å². The van der Waals surface area contributed by atoms with E-state index in [-0.39, 0.29) is 12.5 Å². The molecule has 27 heavy (non-hydrogen) atoms. The molecule has 0 radical (unpaired) electrons. The molecule has 0 spiro atoms. The average molecular weight is 358 g/mol. The van der Waals surface area contributed by atoms with Gasteiger partial charge in [-0.05, 0) is 23.3 Å². The van der Waals surface area contributed by atoms with Crippen LogP contribution < -0.4 is 10.1 Å². The first-order valence-electron chi connectivity index (χ1n) is 8.60. The number of fused-ring (bicyclic) bond motifs is 3. The van der Waals surface area contributed by atoms with Crippen LogP contribution in [0.4, 0.5) is 5.69 Å². The highest BCUT2D eigenvalue weighted by Gasteiger charge is 2.24. The summed E-state index contributed by atoms with van der Waals surface area (Å²) >= 11 is 0. The van der Waals surface area contributed by atoms with Crippen LogP contribution in [0.2, 0.25) is 0 Å². The number of nitrogens with one attached hydrogen (secondary N) is 1. The average Bonchev–Trinajstić information content (AvgIpc) is 3.03. The summed E-state index contributed by atoms with van der Waals surface area (Å²) < 4.78 is 5.23. The van der Waals surface area contributed by atoms with Gasteiger partial charge in [-0.15, -0.1) is 0 Å². The second-order valence-electron chi connectivity index (χ2n) is 6.05. The van der Waals surface area contributed by atoms with Crippen LogP contribution in [-0.4, -0.2) is 25.3 Å². The Labute approximate surface area is 157 Å². The van der Waals surface area contributed by atoms with Crippen molar-refractivity contribution < 1.29 is 14.4 Å². The first kappa shape index (κ1) is 16.8. The van der Waals surface area contributed by atoms with E-state index in [0.29, 0.717) is 11.4 Å². The summed E-state index contributed by atoms with van der Waals surface area (Å²) in [6.45, 7) is -0.189. The highest BCUT2D eigenvalue weighted by Crippen LogP contribution is 2.36. The Kier molecular flexibility index (Phi) is 4.58. The van der Waals surface area contributed by atoms with E-state index in [0.717, 1.165) is 28.0 Å². The number of benzene rings is 3. The van der Waals surface area contributed by atoms with E-state index >= 15 is 0 Å². The van der Waals surface area contributed by atoms with Crippen LogP contribution in [0.5, 0.6) is 5.75 Å². The Hall–Kier alpha value is -3.60. The molecule has 0 heterocycles. The Bertz CT molecular complexity index is 980. The maximum Gasteiger partial charge on any atom is 0.265 e. The SMILES string of the molecule is COc1ccccc1NC(=O)CON=C1c2ccccc2-c2ccccc21. The highest BCUT2D eigenvalue weighted by atomic mass is 16.6. The second-order valence-corrected chi connectivity index (χ2v) is 6.05. The number of hydrogen-bond donors (Lipinski definition) is 1. The summed E-state index contributed by atoms with van der Waals surface area (Å²) in [6.07, 6.45) is 0. The summed E-state index contributed by atoms with van der Waals surface area (Å²) in [5.74, 6) is 0.291. The van der Waals surface area contributed by atoms with Crippen molar-refractivity contribution >= 4 is 17.3 Å². The minimum Gasteiger partial charge on any atom is -0.495 e. The van der Waals surface area contributed by atoms with E-state index in [9.17, 15) is 4.79 Å². The molecule has 1 N–H and O–H groups in total. The first-order chi connectivity index (χ1) is 13.3. The van der Waals surface area contributed by atoms with E-state index in [2.05, 4.69) is 22.6 Å². The molecule has 0 unspecified atom stereocenters. The van der Waals surface area contributed by atoms with Gasteiger partial charge in [0.15, 0.2) is 6.61 Å². The predicted octanol–water partition coefficient (Wildman–Crippen LogP) is 4.08. The van der Waals surface area contributed by atoms with Crippen molar-refractivity contribution in [3.63, 3.8) is 0 Å². The maximum absolute atomic E-state index is 12.2. The predicted molar refractivity (Wildman–Crippen MR) is 105 cm³/mol. The van der Waals surface area contributed by atoms with Gasteiger partial charge >= 0.3 is 0 Å². The first-order valence-corrected chi connectivity index (χ1v) is 8.60. The molecule has 0 atom stereocenters. The van der Waals surface area contributed by atoms with Crippen LogP contribution in [0, 0.1) is 0 Å². The Morgan fingerprint density at radius 1 is 0.852 bits per heavy atom. The van der Waals surface area contributed by atoms with E-state index in [4.69, 9.17) is 9.57 Å². The van der Waals surface area contributed by atoms with Gasteiger partial charge in [-0.3, -0.25) is 4.79 Å². The van der Waals surface area contributed by atoms with Crippen LogP contribution in [0.15, 0.2) is 78.0 Å². The second kappa shape index (κ2) is 7.33. The number of hydrogen-bond acceptors (Lipinski definition) is 4. The monoisotopic (exact) mass is 358 g/mol. The number of amides is 1. The molecule has 1 amide bonds. The molecule has 1 aliphatic carbocycles. The van der Waals surface area contributed by atoms with E-state index < -0.39 is 0 Å². The van der Waals surface area contributed by atoms with E-state index in [1.54, 1.807) is 19.2 Å². The summed E-state index contributed by atoms with van der Waals surface area (Å²) in [7, 11) is 1.56. The van der Waals surface area contributed by atoms with Gasteiger partial charge in [0.05, 0.1) is 12.8 Å². The fourth-order valence-electron chi connectivity index (χ4n) is 3.18. The molecular formula is C22H18N2O3. The summed E-state index contributed by atoms with van der Waals surface area (Å²) in [6, 6.07) is 23.3. The minimum absolute atomic E-state index is 0.189. The zero-order valence-corrected chi connectivity index (χ0v) is 14.8. The number of anilines is 1. The Morgan fingerprint density at radius 2 is 1.41 bits per heavy atom. The lowest BCUT2D eigenvalue weighted by atomic mass is 10.1. The molecule has 1 aliphatic rings. The molecule has 5 nitrogen and oxygen atoms in total. The number of oxime groups is 1. The highest BCUT2D eigenvalue weighted by molar-refractivity contribution is 6.24. The molecule has 5 heteroatoms. The molecule has 0 saturated carbocycles. The van der Waals surface area contributed by atoms with Gasteiger partial charge in [0.25, 0.3) is 5.91 Å². The summed E-state index contributed by atoms with van der Waals surface area (Å²) in [5, 5.41) is 7.02. The van der Waals surface area contributed by atoms with Crippen LogP contribution >= 0.6 is 0 Å². The van der Waals surface area contributed by atoms with Gasteiger partial charge in [-0.1, -0.05) is 65.8 Å². The fourth-order valence-corrected chi connectivity index (χ4v) is 3.18. The van der Waals surface area contributed by atoms with Gasteiger partial charge in [0.1, 0.15) is 11.5 Å². The topological polar surface area (TPSA) is 59.9 Å². The molecule has 0 aliphatic heterocycles. The number of carbonyl (C=O) groups is 1. The molecule has 0 saturated heterocycles. The van der Waals surface area contributed by atoms with Gasteiger partial charge in [0, 0.05) is 11.1 Å². The standard InChI is InChI=1S/C22H18N2O3/c1-26-20-13-7-6-12-19(20)23-21(25)14-27-24-22-17-10-4-2-8-15(17)16-9-3-5-11-18(16)22/h2-13H,14H2,1H3,(H,23,25). The number of ether oxygens (including phenoxy) is 1. The number of rotatable bonds is 5. The van der Waals surface area contributed by atoms with Gasteiger partial charge in [-0.25, -0.2) is 0 Å². The molecule has 134 valence electrons. The zero-order valence-electron chi connectivity index (χ0n) is 14.8. The fraction of sp³-hybridized carbons (Fsp3) is 0.0909. The van der Waals surface area contributed by atoms with Crippen molar-refractivity contribution in [2.75, 3.05) is 19.0 Å². The van der Waals surface area contributed by atoms with Crippen molar-refractivity contribution in [2.24, 2.45) is 5.16 Å². The maximum atomic E-state index is 12.2. The molecule has 3 aromatic carbocycles. The number of methoxy groups -OCH3 is 1. The van der Waals surface area contributed by atoms with Crippen molar-refractivity contribution in [3.8, 4) is 16.9 Å². The van der Waals surface area contributed by atoms with Crippen LogP contribution in [0.3, 0.4) is 0 Å². The van der Waals surface area contributed by atoms with Crippen molar-refractivity contribution in [2.45, 2.75) is 0 Å². The number of carbonyl (C=O) groups excluding carboxylic acids is 1. The Balaban J connectivity index is 1.50. The normalized spacial score (nSPS) is 11.4. The van der Waals surface area contributed by atoms with Gasteiger partial charge in [-0.2, -0.15) is 0 Å². The third kappa shape index (κ3) is 3.27. The lowest BCUT2D eigenvalue weighted by Crippen LogP contribution is -2.18. The number of nitrogens with zero attached hydrogens (tertiary/aromatic N) is 1. The molecule has 0 fully saturated rings. The van der Waals surface area contributed by atoms with Gasteiger partial charge < -0.3 is 14.9 Å². The van der Waals surface area contributed by atoms with Crippen LogP contribution in [0.25, 0.3) is 11.1 Å². The third-order valence-corrected chi connectivity index (χ3v) is 4.39. The quantitative estimate of drug-likeness (QED) is 0.547. The lowest BCUT2D eigenvalue weighted by molar-refractivity contribution is -0.120. The largest absolute Gasteiger partial charge is 0.495 e. The molecule has 0 bridgehead atoms. The number of para-hydroxylation sites is 2.